The van der Waals surface area contributed by atoms with Gasteiger partial charge in [0.05, 0.1) is 0 Å². The van der Waals surface area contributed by atoms with Gasteiger partial charge in [0, 0.05) is 38.1 Å². The number of rotatable bonds is 3. The van der Waals surface area contributed by atoms with Gasteiger partial charge in [0.15, 0.2) is 0 Å². The Bertz CT molecular complexity index is 310. The van der Waals surface area contributed by atoms with Gasteiger partial charge in [-0.2, -0.15) is 0 Å². The molecule has 0 unspecified atom stereocenters. The lowest BCUT2D eigenvalue weighted by Crippen LogP contribution is -2.54. The zero-order valence-corrected chi connectivity index (χ0v) is 13.5. The first-order chi connectivity index (χ1) is 9.47. The molecule has 4 nitrogen and oxygen atoms in total. The molecule has 0 aliphatic carbocycles. The molecule has 2 saturated heterocycles. The maximum absolute atomic E-state index is 12.3. The van der Waals surface area contributed by atoms with Crippen LogP contribution in [-0.4, -0.2) is 60.5 Å². The van der Waals surface area contributed by atoms with E-state index in [1.165, 1.54) is 12.8 Å². The number of carbonyl (C=O) groups excluding carboxylic acids is 1. The van der Waals surface area contributed by atoms with Gasteiger partial charge in [-0.3, -0.25) is 9.69 Å². The Morgan fingerprint density at radius 1 is 1.10 bits per heavy atom. The second-order valence-electron chi connectivity index (χ2n) is 7.27. The van der Waals surface area contributed by atoms with Crippen LogP contribution in [0.1, 0.15) is 46.5 Å². The number of nitrogens with one attached hydrogen (secondary N) is 1. The molecule has 2 rings (SSSR count). The molecule has 0 atom stereocenters. The molecule has 20 heavy (non-hydrogen) atoms. The lowest BCUT2D eigenvalue weighted by Gasteiger charge is -2.42. The zero-order valence-electron chi connectivity index (χ0n) is 13.5. The lowest BCUT2D eigenvalue weighted by molar-refractivity contribution is -0.134. The van der Waals surface area contributed by atoms with Crippen LogP contribution in [0.15, 0.2) is 0 Å². The quantitative estimate of drug-likeness (QED) is 0.855. The summed E-state index contributed by atoms with van der Waals surface area (Å²) in [5, 5.41) is 3.38. The minimum absolute atomic E-state index is 0.226. The van der Waals surface area contributed by atoms with Crippen LogP contribution >= 0.6 is 0 Å². The van der Waals surface area contributed by atoms with E-state index in [-0.39, 0.29) is 5.54 Å². The third kappa shape index (κ3) is 4.45. The summed E-state index contributed by atoms with van der Waals surface area (Å²) in [6.07, 6.45) is 4.32. The Hall–Kier alpha value is -0.610. The van der Waals surface area contributed by atoms with E-state index in [4.69, 9.17) is 0 Å². The molecule has 1 amide bonds. The number of nitrogens with zero attached hydrogens (tertiary/aromatic N) is 2. The molecule has 0 radical (unpaired) electrons. The van der Waals surface area contributed by atoms with E-state index >= 15 is 0 Å². The summed E-state index contributed by atoms with van der Waals surface area (Å²) in [6.45, 7) is 12.9. The van der Waals surface area contributed by atoms with Crippen molar-refractivity contribution in [2.75, 3.05) is 39.3 Å². The van der Waals surface area contributed by atoms with E-state index in [1.807, 2.05) is 0 Å². The highest BCUT2D eigenvalue weighted by Crippen LogP contribution is 2.20. The van der Waals surface area contributed by atoms with Crippen LogP contribution < -0.4 is 5.32 Å². The molecular weight excluding hydrogens is 250 g/mol. The van der Waals surface area contributed by atoms with Gasteiger partial charge in [0.25, 0.3) is 0 Å². The fourth-order valence-corrected chi connectivity index (χ4v) is 3.28. The Morgan fingerprint density at radius 3 is 2.25 bits per heavy atom. The highest BCUT2D eigenvalue weighted by atomic mass is 16.2. The first-order valence-electron chi connectivity index (χ1n) is 8.20. The Kier molecular flexibility index (Phi) is 5.44. The average Bonchev–Trinajstić information content (AvgIpc) is 2.45. The van der Waals surface area contributed by atoms with Gasteiger partial charge >= 0.3 is 0 Å². The summed E-state index contributed by atoms with van der Waals surface area (Å²) in [5.74, 6) is 1.13. The summed E-state index contributed by atoms with van der Waals surface area (Å²) >= 11 is 0. The van der Waals surface area contributed by atoms with Crippen LogP contribution in [0.25, 0.3) is 0 Å². The predicted octanol–water partition coefficient (Wildman–Crippen LogP) is 1.71. The normalized spacial score (nSPS) is 23.1. The van der Waals surface area contributed by atoms with Crippen molar-refractivity contribution in [1.82, 2.24) is 15.1 Å². The third-order valence-corrected chi connectivity index (χ3v) is 4.81. The summed E-state index contributed by atoms with van der Waals surface area (Å²) < 4.78 is 0. The maximum atomic E-state index is 12.3. The van der Waals surface area contributed by atoms with Crippen LogP contribution in [-0.2, 0) is 4.79 Å². The number of carbonyl (C=O) groups is 1. The largest absolute Gasteiger partial charge is 0.340 e. The Balaban J connectivity index is 1.69. The number of hydrogen-bond donors (Lipinski definition) is 1. The monoisotopic (exact) mass is 281 g/mol. The molecule has 2 aliphatic rings. The van der Waals surface area contributed by atoms with E-state index < -0.39 is 0 Å². The van der Waals surface area contributed by atoms with Crippen LogP contribution in [0.3, 0.4) is 0 Å². The number of piperazine rings is 1. The van der Waals surface area contributed by atoms with E-state index in [0.29, 0.717) is 5.91 Å². The van der Waals surface area contributed by atoms with Gasteiger partial charge in [-0.25, -0.2) is 0 Å². The van der Waals surface area contributed by atoms with Crippen molar-refractivity contribution in [2.24, 2.45) is 5.92 Å². The second-order valence-corrected chi connectivity index (χ2v) is 7.27. The third-order valence-electron chi connectivity index (χ3n) is 4.81. The Morgan fingerprint density at radius 2 is 1.70 bits per heavy atom. The van der Waals surface area contributed by atoms with E-state index in [9.17, 15) is 4.79 Å². The van der Waals surface area contributed by atoms with Crippen molar-refractivity contribution in [3.05, 3.63) is 0 Å². The topological polar surface area (TPSA) is 35.6 Å². The standard InChI is InChI=1S/C16H31N3O/c1-16(2,3)19-12-10-18(11-13-19)15(20)5-4-14-6-8-17-9-7-14/h14,17H,4-13H2,1-3H3. The molecule has 0 bridgehead atoms. The molecule has 4 heteroatoms. The highest BCUT2D eigenvalue weighted by Gasteiger charge is 2.27. The molecule has 0 spiro atoms. The van der Waals surface area contributed by atoms with Crippen LogP contribution in [0.4, 0.5) is 0 Å². The number of hydrogen-bond acceptors (Lipinski definition) is 3. The molecule has 0 aromatic rings. The zero-order chi connectivity index (χ0) is 14.6. The molecular formula is C16H31N3O. The smallest absolute Gasteiger partial charge is 0.222 e. The van der Waals surface area contributed by atoms with Gasteiger partial charge in [-0.1, -0.05) is 0 Å². The van der Waals surface area contributed by atoms with Crippen LogP contribution in [0, 0.1) is 5.92 Å². The average molecular weight is 281 g/mol. The molecule has 0 aromatic heterocycles. The lowest BCUT2D eigenvalue weighted by atomic mass is 9.93. The summed E-state index contributed by atoms with van der Waals surface area (Å²) in [6, 6.07) is 0. The first kappa shape index (κ1) is 15.8. The molecule has 0 aromatic carbocycles. The summed E-state index contributed by atoms with van der Waals surface area (Å²) in [7, 11) is 0. The fourth-order valence-electron chi connectivity index (χ4n) is 3.28. The van der Waals surface area contributed by atoms with Gasteiger partial charge < -0.3 is 10.2 Å². The molecule has 1 N–H and O–H groups in total. The highest BCUT2D eigenvalue weighted by molar-refractivity contribution is 5.76. The molecule has 2 aliphatic heterocycles. The summed E-state index contributed by atoms with van der Waals surface area (Å²) in [4.78, 5) is 16.8. The predicted molar refractivity (Wildman–Crippen MR) is 82.7 cm³/mol. The summed E-state index contributed by atoms with van der Waals surface area (Å²) in [5.41, 5.74) is 0.226. The SMILES string of the molecule is CC(C)(C)N1CCN(C(=O)CCC2CCNCC2)CC1. The van der Waals surface area contributed by atoms with Crippen molar-refractivity contribution in [3.63, 3.8) is 0 Å². The van der Waals surface area contributed by atoms with Crippen molar-refractivity contribution < 1.29 is 4.79 Å². The van der Waals surface area contributed by atoms with Gasteiger partial charge in [-0.15, -0.1) is 0 Å². The van der Waals surface area contributed by atoms with Crippen molar-refractivity contribution >= 4 is 5.91 Å². The second kappa shape index (κ2) is 6.90. The van der Waals surface area contributed by atoms with Crippen molar-refractivity contribution in [2.45, 2.75) is 52.0 Å². The van der Waals surface area contributed by atoms with Gasteiger partial charge in [0.1, 0.15) is 0 Å². The van der Waals surface area contributed by atoms with Crippen LogP contribution in [0.2, 0.25) is 0 Å². The van der Waals surface area contributed by atoms with E-state index in [2.05, 4.69) is 35.9 Å². The van der Waals surface area contributed by atoms with Crippen LogP contribution in [0.5, 0.6) is 0 Å². The molecule has 0 saturated carbocycles. The Labute approximate surface area is 123 Å². The maximum Gasteiger partial charge on any atom is 0.222 e. The molecule has 2 fully saturated rings. The number of amides is 1. The van der Waals surface area contributed by atoms with E-state index in [1.54, 1.807) is 0 Å². The molecule has 2 heterocycles. The molecule has 116 valence electrons. The van der Waals surface area contributed by atoms with Crippen molar-refractivity contribution in [3.8, 4) is 0 Å². The number of piperidine rings is 1. The van der Waals surface area contributed by atoms with Gasteiger partial charge in [0.2, 0.25) is 5.91 Å². The fraction of sp³-hybridized carbons (Fsp3) is 0.938. The van der Waals surface area contributed by atoms with Crippen molar-refractivity contribution in [1.29, 1.82) is 0 Å². The minimum Gasteiger partial charge on any atom is -0.340 e. The van der Waals surface area contributed by atoms with Gasteiger partial charge in [-0.05, 0) is 59.0 Å². The first-order valence-corrected chi connectivity index (χ1v) is 8.20. The minimum atomic E-state index is 0.226. The van der Waals surface area contributed by atoms with E-state index in [0.717, 1.165) is 58.0 Å².